The van der Waals surface area contributed by atoms with Crippen LogP contribution in [0.5, 0.6) is 0 Å². The van der Waals surface area contributed by atoms with Crippen molar-refractivity contribution < 1.29 is 4.79 Å². The summed E-state index contributed by atoms with van der Waals surface area (Å²) in [5, 5.41) is 13.6. The molecule has 1 N–H and O–H groups in total. The molecule has 1 aromatic carbocycles. The van der Waals surface area contributed by atoms with Crippen molar-refractivity contribution in [2.24, 2.45) is 5.92 Å². The summed E-state index contributed by atoms with van der Waals surface area (Å²) in [4.78, 5) is 16.8. The summed E-state index contributed by atoms with van der Waals surface area (Å²) in [6.45, 7) is 2.23. The number of hydrogen-bond donors (Lipinski definition) is 1. The van der Waals surface area contributed by atoms with Gasteiger partial charge in [-0.1, -0.05) is 24.6 Å². The molecule has 3 rings (SSSR count). The van der Waals surface area contributed by atoms with Gasteiger partial charge < -0.3 is 5.32 Å². The van der Waals surface area contributed by atoms with Crippen LogP contribution in [-0.2, 0) is 17.6 Å². The van der Waals surface area contributed by atoms with E-state index in [-0.39, 0.29) is 5.91 Å². The summed E-state index contributed by atoms with van der Waals surface area (Å²) in [6, 6.07) is 11.3. The van der Waals surface area contributed by atoms with Gasteiger partial charge in [-0.2, -0.15) is 5.26 Å². The molecule has 6 heteroatoms. The molecule has 1 atom stereocenters. The van der Waals surface area contributed by atoms with Crippen LogP contribution >= 0.6 is 23.4 Å². The summed E-state index contributed by atoms with van der Waals surface area (Å²) in [7, 11) is 0. The van der Waals surface area contributed by atoms with Crippen LogP contribution in [0.1, 0.15) is 36.6 Å². The van der Waals surface area contributed by atoms with E-state index in [1.54, 1.807) is 24.3 Å². The van der Waals surface area contributed by atoms with Crippen molar-refractivity contribution in [3.05, 3.63) is 52.2 Å². The first-order chi connectivity index (χ1) is 12.5. The van der Waals surface area contributed by atoms with Gasteiger partial charge in [0.15, 0.2) is 0 Å². The lowest BCUT2D eigenvalue weighted by molar-refractivity contribution is -0.115. The number of thioether (sulfide) groups is 1. The van der Waals surface area contributed by atoms with E-state index in [4.69, 9.17) is 16.6 Å². The summed E-state index contributed by atoms with van der Waals surface area (Å²) in [5.74, 6) is 1.14. The van der Waals surface area contributed by atoms with Crippen LogP contribution in [0.4, 0.5) is 5.69 Å². The first kappa shape index (κ1) is 18.8. The molecule has 1 heterocycles. The second kappa shape index (κ2) is 8.57. The highest BCUT2D eigenvalue weighted by Crippen LogP contribution is 2.29. The normalized spacial score (nSPS) is 15.8. The first-order valence-electron chi connectivity index (χ1n) is 8.66. The average molecular weight is 386 g/mol. The van der Waals surface area contributed by atoms with Crippen molar-refractivity contribution in [1.82, 2.24) is 4.98 Å². The number of pyridine rings is 1. The Morgan fingerprint density at radius 1 is 1.46 bits per heavy atom. The predicted molar refractivity (Wildman–Crippen MR) is 106 cm³/mol. The molecule has 26 heavy (non-hydrogen) atoms. The standard InChI is InChI=1S/C20H20ClN3OS/c1-13-5-6-18-14(9-13)10-15(12-22)20(24-18)26-8-7-19(25)23-17-4-2-3-16(21)11-17/h2-4,10-11,13H,5-9H2,1H3,(H,23,25). The third-order valence-electron chi connectivity index (χ3n) is 4.40. The molecular weight excluding hydrogens is 366 g/mol. The van der Waals surface area contributed by atoms with Gasteiger partial charge in [0.1, 0.15) is 11.1 Å². The molecule has 0 saturated heterocycles. The van der Waals surface area contributed by atoms with Crippen LogP contribution in [0, 0.1) is 17.2 Å². The highest BCUT2D eigenvalue weighted by atomic mass is 35.5. The Labute approximate surface area is 163 Å². The number of fused-ring (bicyclic) bond motifs is 1. The number of anilines is 1. The highest BCUT2D eigenvalue weighted by molar-refractivity contribution is 7.99. The molecule has 0 spiro atoms. The Morgan fingerprint density at radius 2 is 2.31 bits per heavy atom. The van der Waals surface area contributed by atoms with E-state index in [2.05, 4.69) is 18.3 Å². The molecule has 0 aliphatic heterocycles. The lowest BCUT2D eigenvalue weighted by Crippen LogP contribution is -2.14. The molecule has 1 aromatic heterocycles. The van der Waals surface area contributed by atoms with Crippen molar-refractivity contribution in [2.75, 3.05) is 11.1 Å². The molecule has 4 nitrogen and oxygen atoms in total. The Hall–Kier alpha value is -2.03. The number of carbonyl (C=O) groups is 1. The van der Waals surface area contributed by atoms with Gasteiger partial charge >= 0.3 is 0 Å². The van der Waals surface area contributed by atoms with Crippen molar-refractivity contribution in [3.8, 4) is 6.07 Å². The maximum absolute atomic E-state index is 12.1. The van der Waals surface area contributed by atoms with Crippen LogP contribution in [0.2, 0.25) is 5.02 Å². The maximum atomic E-state index is 12.1. The Morgan fingerprint density at radius 3 is 3.08 bits per heavy atom. The molecular formula is C20H20ClN3OS. The summed E-state index contributed by atoms with van der Waals surface area (Å²) >= 11 is 7.39. The molecule has 0 radical (unpaired) electrons. The minimum Gasteiger partial charge on any atom is -0.326 e. The average Bonchev–Trinajstić information content (AvgIpc) is 2.61. The van der Waals surface area contributed by atoms with Crippen molar-refractivity contribution >= 4 is 35.0 Å². The summed E-state index contributed by atoms with van der Waals surface area (Å²) < 4.78 is 0. The Balaban J connectivity index is 1.59. The second-order valence-corrected chi connectivity index (χ2v) is 8.08. The van der Waals surface area contributed by atoms with Crippen LogP contribution in [-0.4, -0.2) is 16.6 Å². The number of halogens is 1. The predicted octanol–water partition coefficient (Wildman–Crippen LogP) is 4.85. The minimum absolute atomic E-state index is 0.0786. The topological polar surface area (TPSA) is 65.8 Å². The largest absolute Gasteiger partial charge is 0.326 e. The number of nitrogens with one attached hydrogen (secondary N) is 1. The van der Waals surface area contributed by atoms with Gasteiger partial charge in [-0.25, -0.2) is 4.98 Å². The fourth-order valence-electron chi connectivity index (χ4n) is 3.05. The first-order valence-corrected chi connectivity index (χ1v) is 10.0. The lowest BCUT2D eigenvalue weighted by Gasteiger charge is -2.21. The third-order valence-corrected chi connectivity index (χ3v) is 5.62. The van der Waals surface area contributed by atoms with Gasteiger partial charge in [-0.15, -0.1) is 11.8 Å². The van der Waals surface area contributed by atoms with Crippen molar-refractivity contribution in [3.63, 3.8) is 0 Å². The number of nitriles is 1. The third kappa shape index (κ3) is 4.78. The van der Waals surface area contributed by atoms with Gasteiger partial charge in [0.2, 0.25) is 5.91 Å². The summed E-state index contributed by atoms with van der Waals surface area (Å²) in [5.41, 5.74) is 3.60. The van der Waals surface area contributed by atoms with Gasteiger partial charge in [0.05, 0.1) is 5.56 Å². The lowest BCUT2D eigenvalue weighted by atomic mass is 9.87. The van der Waals surface area contributed by atoms with E-state index < -0.39 is 0 Å². The summed E-state index contributed by atoms with van der Waals surface area (Å²) in [6.07, 6.45) is 3.44. The van der Waals surface area contributed by atoms with Gasteiger partial charge in [0, 0.05) is 28.6 Å². The highest BCUT2D eigenvalue weighted by Gasteiger charge is 2.19. The van der Waals surface area contributed by atoms with Gasteiger partial charge in [0.25, 0.3) is 0 Å². The maximum Gasteiger partial charge on any atom is 0.225 e. The number of rotatable bonds is 5. The van der Waals surface area contributed by atoms with Crippen LogP contribution in [0.15, 0.2) is 35.4 Å². The van der Waals surface area contributed by atoms with Gasteiger partial charge in [-0.05, 0) is 55.0 Å². The molecule has 1 amide bonds. The number of carbonyl (C=O) groups excluding carboxylic acids is 1. The number of benzene rings is 1. The van der Waals surface area contributed by atoms with E-state index in [1.807, 2.05) is 6.07 Å². The van der Waals surface area contributed by atoms with E-state index in [1.165, 1.54) is 17.3 Å². The molecule has 0 fully saturated rings. The zero-order chi connectivity index (χ0) is 18.5. The van der Waals surface area contributed by atoms with E-state index >= 15 is 0 Å². The smallest absolute Gasteiger partial charge is 0.225 e. The fourth-order valence-corrected chi connectivity index (χ4v) is 4.15. The number of hydrogen-bond acceptors (Lipinski definition) is 4. The molecule has 1 aliphatic carbocycles. The molecule has 134 valence electrons. The van der Waals surface area contributed by atoms with Crippen LogP contribution < -0.4 is 5.32 Å². The molecule has 1 unspecified atom stereocenters. The zero-order valence-corrected chi connectivity index (χ0v) is 16.2. The number of aromatic nitrogens is 1. The van der Waals surface area contributed by atoms with Crippen LogP contribution in [0.3, 0.4) is 0 Å². The molecule has 2 aromatic rings. The number of aryl methyl sites for hydroxylation is 1. The monoisotopic (exact) mass is 385 g/mol. The van der Waals surface area contributed by atoms with E-state index in [0.717, 1.165) is 30.0 Å². The fraction of sp³-hybridized carbons (Fsp3) is 0.350. The quantitative estimate of drug-likeness (QED) is 0.747. The van der Waals surface area contributed by atoms with Crippen LogP contribution in [0.25, 0.3) is 0 Å². The minimum atomic E-state index is -0.0786. The Bertz CT molecular complexity index is 863. The number of amides is 1. The SMILES string of the molecule is CC1CCc2nc(SCCC(=O)Nc3cccc(Cl)c3)c(C#N)cc2C1. The van der Waals surface area contributed by atoms with Crippen molar-refractivity contribution in [2.45, 2.75) is 37.6 Å². The van der Waals surface area contributed by atoms with E-state index in [0.29, 0.717) is 34.4 Å². The van der Waals surface area contributed by atoms with Crippen molar-refractivity contribution in [1.29, 1.82) is 5.26 Å². The number of nitrogens with zero attached hydrogens (tertiary/aromatic N) is 2. The molecule has 0 saturated carbocycles. The van der Waals surface area contributed by atoms with E-state index in [9.17, 15) is 10.1 Å². The second-order valence-electron chi connectivity index (χ2n) is 6.56. The molecule has 1 aliphatic rings. The zero-order valence-electron chi connectivity index (χ0n) is 14.6. The van der Waals surface area contributed by atoms with Gasteiger partial charge in [-0.3, -0.25) is 4.79 Å². The Kier molecular flexibility index (Phi) is 6.18. The molecule has 0 bridgehead atoms.